The highest BCUT2D eigenvalue weighted by molar-refractivity contribution is 5.69. The molecule has 0 saturated carbocycles. The summed E-state index contributed by atoms with van der Waals surface area (Å²) in [6, 6.07) is 0.602. The molecule has 0 N–H and O–H groups in total. The molecule has 0 spiro atoms. The van der Waals surface area contributed by atoms with Crippen LogP contribution in [-0.2, 0) is 9.53 Å². The molecule has 1 aliphatic rings. The lowest BCUT2D eigenvalue weighted by Crippen LogP contribution is -2.35. The average molecular weight is 200 g/mol. The van der Waals surface area contributed by atoms with E-state index in [0.29, 0.717) is 12.5 Å². The van der Waals surface area contributed by atoms with Gasteiger partial charge in [-0.05, 0) is 27.1 Å². The summed E-state index contributed by atoms with van der Waals surface area (Å²) >= 11 is 0. The van der Waals surface area contributed by atoms with E-state index in [4.69, 9.17) is 0 Å². The standard InChI is InChI=1S/C10H20N2O2/c1-11-6-4-9(8-11)12(2)7-5-10(13)14-3/h9H,4-8H2,1-3H3/t9-/m0/s1. The maximum atomic E-state index is 10.9. The van der Waals surface area contributed by atoms with Crippen LogP contribution >= 0.6 is 0 Å². The minimum absolute atomic E-state index is 0.122. The van der Waals surface area contributed by atoms with Crippen LogP contribution in [0.1, 0.15) is 12.8 Å². The molecular formula is C10H20N2O2. The lowest BCUT2D eigenvalue weighted by atomic mass is 10.2. The third-order valence-electron chi connectivity index (χ3n) is 2.89. The average Bonchev–Trinajstić information content (AvgIpc) is 2.60. The summed E-state index contributed by atoms with van der Waals surface area (Å²) < 4.78 is 4.61. The summed E-state index contributed by atoms with van der Waals surface area (Å²) in [7, 11) is 5.65. The van der Waals surface area contributed by atoms with Gasteiger partial charge in [0.05, 0.1) is 13.5 Å². The molecule has 1 saturated heterocycles. The van der Waals surface area contributed by atoms with Crippen LogP contribution in [0.5, 0.6) is 0 Å². The van der Waals surface area contributed by atoms with E-state index in [0.717, 1.165) is 19.6 Å². The van der Waals surface area contributed by atoms with Crippen molar-refractivity contribution in [1.82, 2.24) is 9.80 Å². The first-order valence-electron chi connectivity index (χ1n) is 5.09. The molecule has 0 amide bonds. The first-order valence-corrected chi connectivity index (χ1v) is 5.09. The number of nitrogens with zero attached hydrogens (tertiary/aromatic N) is 2. The van der Waals surface area contributed by atoms with Gasteiger partial charge in [-0.2, -0.15) is 0 Å². The zero-order valence-electron chi connectivity index (χ0n) is 9.32. The van der Waals surface area contributed by atoms with Crippen molar-refractivity contribution in [3.05, 3.63) is 0 Å². The summed E-state index contributed by atoms with van der Waals surface area (Å²) in [5, 5.41) is 0. The molecule has 14 heavy (non-hydrogen) atoms. The van der Waals surface area contributed by atoms with Gasteiger partial charge >= 0.3 is 5.97 Å². The molecule has 1 heterocycles. The zero-order valence-corrected chi connectivity index (χ0v) is 9.32. The summed E-state index contributed by atoms with van der Waals surface area (Å²) in [6.07, 6.45) is 1.70. The van der Waals surface area contributed by atoms with Crippen molar-refractivity contribution < 1.29 is 9.53 Å². The van der Waals surface area contributed by atoms with Gasteiger partial charge in [-0.15, -0.1) is 0 Å². The molecule has 4 nitrogen and oxygen atoms in total. The van der Waals surface area contributed by atoms with Crippen LogP contribution in [0.3, 0.4) is 0 Å². The van der Waals surface area contributed by atoms with E-state index in [1.807, 2.05) is 0 Å². The van der Waals surface area contributed by atoms with Crippen LogP contribution in [0, 0.1) is 0 Å². The number of carbonyl (C=O) groups is 1. The van der Waals surface area contributed by atoms with Gasteiger partial charge in [-0.3, -0.25) is 4.79 Å². The van der Waals surface area contributed by atoms with E-state index in [9.17, 15) is 4.79 Å². The topological polar surface area (TPSA) is 32.8 Å². The van der Waals surface area contributed by atoms with Crippen LogP contribution in [0.15, 0.2) is 0 Å². The second-order valence-electron chi connectivity index (χ2n) is 4.01. The quantitative estimate of drug-likeness (QED) is 0.606. The van der Waals surface area contributed by atoms with Gasteiger partial charge in [0.15, 0.2) is 0 Å². The molecule has 1 rings (SSSR count). The van der Waals surface area contributed by atoms with Crippen LogP contribution in [0.4, 0.5) is 0 Å². The Balaban J connectivity index is 2.21. The molecule has 1 aliphatic heterocycles. The van der Waals surface area contributed by atoms with Gasteiger partial charge in [-0.1, -0.05) is 0 Å². The molecule has 0 aromatic rings. The maximum absolute atomic E-state index is 10.9. The fourth-order valence-corrected chi connectivity index (χ4v) is 1.82. The van der Waals surface area contributed by atoms with E-state index in [-0.39, 0.29) is 5.97 Å². The van der Waals surface area contributed by atoms with Gasteiger partial charge < -0.3 is 14.5 Å². The summed E-state index contributed by atoms with van der Waals surface area (Å²) in [5.74, 6) is -0.122. The van der Waals surface area contributed by atoms with Crippen molar-refractivity contribution in [2.45, 2.75) is 18.9 Å². The smallest absolute Gasteiger partial charge is 0.306 e. The highest BCUT2D eigenvalue weighted by atomic mass is 16.5. The first kappa shape index (κ1) is 11.5. The van der Waals surface area contributed by atoms with Crippen molar-refractivity contribution >= 4 is 5.97 Å². The number of methoxy groups -OCH3 is 1. The maximum Gasteiger partial charge on any atom is 0.306 e. The molecule has 1 atom stereocenters. The van der Waals surface area contributed by atoms with Crippen molar-refractivity contribution in [2.24, 2.45) is 0 Å². The molecule has 1 fully saturated rings. The lowest BCUT2D eigenvalue weighted by Gasteiger charge is -2.23. The molecule has 0 aromatic heterocycles. The number of hydrogen-bond acceptors (Lipinski definition) is 4. The minimum atomic E-state index is -0.122. The fraction of sp³-hybridized carbons (Fsp3) is 0.900. The normalized spacial score (nSPS) is 23.0. The van der Waals surface area contributed by atoms with Crippen LogP contribution in [-0.4, -0.2) is 62.7 Å². The summed E-state index contributed by atoms with van der Waals surface area (Å²) in [4.78, 5) is 15.5. The summed E-state index contributed by atoms with van der Waals surface area (Å²) in [5.41, 5.74) is 0. The molecule has 4 heteroatoms. The largest absolute Gasteiger partial charge is 0.469 e. The van der Waals surface area contributed by atoms with Crippen molar-refractivity contribution in [1.29, 1.82) is 0 Å². The second kappa shape index (κ2) is 5.32. The van der Waals surface area contributed by atoms with E-state index < -0.39 is 0 Å². The number of likely N-dealkylation sites (tertiary alicyclic amines) is 1. The predicted octanol–water partition coefficient (Wildman–Crippen LogP) is 0.185. The van der Waals surface area contributed by atoms with E-state index in [2.05, 4.69) is 28.6 Å². The molecule has 0 aromatic carbocycles. The van der Waals surface area contributed by atoms with E-state index >= 15 is 0 Å². The number of hydrogen-bond donors (Lipinski definition) is 0. The Morgan fingerprint density at radius 2 is 2.36 bits per heavy atom. The third-order valence-corrected chi connectivity index (χ3v) is 2.89. The van der Waals surface area contributed by atoms with Crippen molar-refractivity contribution in [3.8, 4) is 0 Å². The van der Waals surface area contributed by atoms with Gasteiger partial charge in [-0.25, -0.2) is 0 Å². The lowest BCUT2D eigenvalue weighted by molar-refractivity contribution is -0.141. The summed E-state index contributed by atoms with van der Waals surface area (Å²) in [6.45, 7) is 3.07. The van der Waals surface area contributed by atoms with E-state index in [1.54, 1.807) is 0 Å². The van der Waals surface area contributed by atoms with Crippen molar-refractivity contribution in [2.75, 3.05) is 40.8 Å². The van der Waals surface area contributed by atoms with Gasteiger partial charge in [0.2, 0.25) is 0 Å². The number of likely N-dealkylation sites (N-methyl/N-ethyl adjacent to an activating group) is 2. The Labute approximate surface area is 85.8 Å². The Bertz CT molecular complexity index is 197. The molecule has 0 aliphatic carbocycles. The highest BCUT2D eigenvalue weighted by Crippen LogP contribution is 2.12. The number of ether oxygens (including phenoxy) is 1. The van der Waals surface area contributed by atoms with Crippen LogP contribution in [0.2, 0.25) is 0 Å². The fourth-order valence-electron chi connectivity index (χ4n) is 1.82. The Kier molecular flexibility index (Phi) is 4.35. The Morgan fingerprint density at radius 1 is 1.64 bits per heavy atom. The zero-order chi connectivity index (χ0) is 10.6. The van der Waals surface area contributed by atoms with Gasteiger partial charge in [0.25, 0.3) is 0 Å². The molecule has 0 unspecified atom stereocenters. The third kappa shape index (κ3) is 3.27. The molecule has 0 radical (unpaired) electrons. The molecule has 82 valence electrons. The number of rotatable bonds is 4. The Hall–Kier alpha value is -0.610. The molecule has 0 bridgehead atoms. The monoisotopic (exact) mass is 200 g/mol. The Morgan fingerprint density at radius 3 is 2.86 bits per heavy atom. The van der Waals surface area contributed by atoms with Crippen molar-refractivity contribution in [3.63, 3.8) is 0 Å². The minimum Gasteiger partial charge on any atom is -0.469 e. The SMILES string of the molecule is COC(=O)CCN(C)[C@H]1CCN(C)C1. The van der Waals surface area contributed by atoms with Gasteiger partial charge in [0, 0.05) is 19.1 Å². The van der Waals surface area contributed by atoms with E-state index in [1.165, 1.54) is 13.5 Å². The highest BCUT2D eigenvalue weighted by Gasteiger charge is 2.23. The first-order chi connectivity index (χ1) is 6.63. The van der Waals surface area contributed by atoms with Gasteiger partial charge in [0.1, 0.15) is 0 Å². The number of carbonyl (C=O) groups excluding carboxylic acids is 1. The predicted molar refractivity (Wildman–Crippen MR) is 55.2 cm³/mol. The molecular weight excluding hydrogens is 180 g/mol. The number of esters is 1. The second-order valence-corrected chi connectivity index (χ2v) is 4.01. The van der Waals surface area contributed by atoms with Crippen LogP contribution < -0.4 is 0 Å². The van der Waals surface area contributed by atoms with Crippen LogP contribution in [0.25, 0.3) is 0 Å².